The molecule has 1 aromatic carbocycles. The maximum absolute atomic E-state index is 5.96. The van der Waals surface area contributed by atoms with Gasteiger partial charge in [0, 0.05) is 44.5 Å². The average molecular weight is 386 g/mol. The predicted octanol–water partition coefficient (Wildman–Crippen LogP) is 2.60. The summed E-state index contributed by atoms with van der Waals surface area (Å²) in [5.41, 5.74) is 2.22. The molecule has 1 saturated heterocycles. The molecule has 1 fully saturated rings. The second-order valence-corrected chi connectivity index (χ2v) is 7.47. The molecule has 1 N–H and O–H groups in total. The molecule has 1 aromatic heterocycles. The number of morpholine rings is 1. The van der Waals surface area contributed by atoms with Gasteiger partial charge in [0.05, 0.1) is 26.0 Å². The maximum atomic E-state index is 5.96. The predicted molar refractivity (Wildman–Crippen MR) is 110 cm³/mol. The van der Waals surface area contributed by atoms with E-state index in [0.717, 1.165) is 35.9 Å². The number of aromatic nitrogens is 2. The van der Waals surface area contributed by atoms with Crippen molar-refractivity contribution in [3.8, 4) is 5.75 Å². The number of aliphatic imine (C=N–C) groups is 1. The summed E-state index contributed by atoms with van der Waals surface area (Å²) in [6.07, 6.45) is 3.88. The van der Waals surface area contributed by atoms with E-state index >= 15 is 0 Å². The first-order valence-electron chi connectivity index (χ1n) is 9.83. The molecule has 0 spiro atoms. The number of nitrogens with one attached hydrogen (secondary N) is 1. The minimum absolute atomic E-state index is 0.00246. The van der Waals surface area contributed by atoms with Gasteiger partial charge in [0.25, 0.3) is 0 Å². The summed E-state index contributed by atoms with van der Waals surface area (Å²) >= 11 is 0. The van der Waals surface area contributed by atoms with Gasteiger partial charge in [0.1, 0.15) is 11.9 Å². The Morgan fingerprint density at radius 1 is 1.39 bits per heavy atom. The van der Waals surface area contributed by atoms with Crippen LogP contribution >= 0.6 is 0 Å². The van der Waals surface area contributed by atoms with E-state index in [2.05, 4.69) is 40.2 Å². The van der Waals surface area contributed by atoms with Crippen LogP contribution < -0.4 is 10.1 Å². The second kappa shape index (κ2) is 9.59. The minimum atomic E-state index is 0.00246. The number of benzene rings is 1. The molecular weight excluding hydrogens is 354 g/mol. The van der Waals surface area contributed by atoms with Gasteiger partial charge in [-0.3, -0.25) is 9.67 Å². The van der Waals surface area contributed by atoms with Crippen LogP contribution in [0.4, 0.5) is 0 Å². The van der Waals surface area contributed by atoms with E-state index in [1.807, 2.05) is 44.7 Å². The Hall–Kier alpha value is -2.54. The molecule has 7 nitrogen and oxygen atoms in total. The fourth-order valence-electron chi connectivity index (χ4n) is 3.20. The zero-order valence-electron chi connectivity index (χ0n) is 17.3. The van der Waals surface area contributed by atoms with Crippen molar-refractivity contribution in [2.24, 2.45) is 18.0 Å². The molecule has 1 atom stereocenters. The molecule has 28 heavy (non-hydrogen) atoms. The minimum Gasteiger partial charge on any atom is -0.493 e. The van der Waals surface area contributed by atoms with E-state index in [9.17, 15) is 0 Å². The first-order valence-corrected chi connectivity index (χ1v) is 9.83. The summed E-state index contributed by atoms with van der Waals surface area (Å²) in [6, 6.07) is 8.16. The summed E-state index contributed by atoms with van der Waals surface area (Å²) < 4.78 is 13.7. The number of guanidine groups is 1. The fraction of sp³-hybridized carbons (Fsp3) is 0.524. The topological polar surface area (TPSA) is 63.9 Å². The molecular formula is C21H31N5O2. The highest BCUT2D eigenvalue weighted by atomic mass is 16.5. The van der Waals surface area contributed by atoms with E-state index < -0.39 is 0 Å². The first-order chi connectivity index (χ1) is 13.6. The summed E-state index contributed by atoms with van der Waals surface area (Å²) in [4.78, 5) is 6.71. The highest BCUT2D eigenvalue weighted by molar-refractivity contribution is 5.80. The number of ether oxygens (including phenoxy) is 2. The molecule has 0 aliphatic carbocycles. The van der Waals surface area contributed by atoms with Crippen molar-refractivity contribution < 1.29 is 9.47 Å². The average Bonchev–Trinajstić information content (AvgIpc) is 3.14. The molecule has 1 aliphatic rings. The number of nitrogens with zero attached hydrogens (tertiary/aromatic N) is 4. The Morgan fingerprint density at radius 3 is 2.93 bits per heavy atom. The Bertz CT molecular complexity index is 787. The van der Waals surface area contributed by atoms with Gasteiger partial charge in [-0.1, -0.05) is 32.0 Å². The Balaban J connectivity index is 1.62. The number of hydrogen-bond acceptors (Lipinski definition) is 4. The van der Waals surface area contributed by atoms with Crippen LogP contribution in [0.15, 0.2) is 41.7 Å². The van der Waals surface area contributed by atoms with Gasteiger partial charge in [0.2, 0.25) is 0 Å². The van der Waals surface area contributed by atoms with Gasteiger partial charge < -0.3 is 19.7 Å². The van der Waals surface area contributed by atoms with Crippen LogP contribution in [0.3, 0.4) is 0 Å². The Kier molecular flexibility index (Phi) is 6.92. The van der Waals surface area contributed by atoms with E-state index in [0.29, 0.717) is 25.7 Å². The quantitative estimate of drug-likeness (QED) is 0.612. The number of aryl methyl sites for hydroxylation is 1. The Labute approximate surface area is 167 Å². The molecule has 152 valence electrons. The molecule has 2 heterocycles. The zero-order valence-corrected chi connectivity index (χ0v) is 17.3. The molecule has 7 heteroatoms. The van der Waals surface area contributed by atoms with Crippen LogP contribution in [-0.2, 0) is 18.3 Å². The highest BCUT2D eigenvalue weighted by Gasteiger charge is 2.25. The van der Waals surface area contributed by atoms with Crippen molar-refractivity contribution in [3.05, 3.63) is 47.8 Å². The van der Waals surface area contributed by atoms with Gasteiger partial charge in [0.15, 0.2) is 5.96 Å². The second-order valence-electron chi connectivity index (χ2n) is 7.47. The van der Waals surface area contributed by atoms with Crippen molar-refractivity contribution in [3.63, 3.8) is 0 Å². The van der Waals surface area contributed by atoms with E-state index in [1.165, 1.54) is 0 Å². The molecule has 3 rings (SSSR count). The van der Waals surface area contributed by atoms with Crippen molar-refractivity contribution in [1.29, 1.82) is 0 Å². The highest BCUT2D eigenvalue weighted by Crippen LogP contribution is 2.22. The van der Waals surface area contributed by atoms with Crippen LogP contribution in [0.25, 0.3) is 0 Å². The molecule has 1 unspecified atom stereocenters. The smallest absolute Gasteiger partial charge is 0.194 e. The van der Waals surface area contributed by atoms with Gasteiger partial charge in [-0.15, -0.1) is 0 Å². The molecule has 0 amide bonds. The van der Waals surface area contributed by atoms with E-state index in [4.69, 9.17) is 9.47 Å². The fourth-order valence-corrected chi connectivity index (χ4v) is 3.20. The van der Waals surface area contributed by atoms with Crippen LogP contribution in [0.2, 0.25) is 0 Å². The molecule has 1 aliphatic heterocycles. The first kappa shape index (κ1) is 20.2. The van der Waals surface area contributed by atoms with Crippen molar-refractivity contribution in [2.45, 2.75) is 26.5 Å². The van der Waals surface area contributed by atoms with Crippen molar-refractivity contribution >= 4 is 5.96 Å². The SMILES string of the molecule is CN=C(NCc1ccccc1OCC(C)C)N1CCOC(c2cnn(C)c2)C1. The van der Waals surface area contributed by atoms with Crippen LogP contribution in [0.1, 0.15) is 31.1 Å². The molecule has 0 saturated carbocycles. The number of hydrogen-bond donors (Lipinski definition) is 1. The lowest BCUT2D eigenvalue weighted by Crippen LogP contribution is -2.47. The lowest BCUT2D eigenvalue weighted by atomic mass is 10.1. The van der Waals surface area contributed by atoms with Gasteiger partial charge in [-0.25, -0.2) is 0 Å². The van der Waals surface area contributed by atoms with Crippen molar-refractivity contribution in [1.82, 2.24) is 20.0 Å². The third-order valence-corrected chi connectivity index (χ3v) is 4.66. The van der Waals surface area contributed by atoms with E-state index in [1.54, 1.807) is 4.68 Å². The summed E-state index contributed by atoms with van der Waals surface area (Å²) in [5, 5.41) is 7.74. The van der Waals surface area contributed by atoms with Gasteiger partial charge >= 0.3 is 0 Å². The summed E-state index contributed by atoms with van der Waals surface area (Å²) in [6.45, 7) is 7.89. The van der Waals surface area contributed by atoms with Crippen LogP contribution in [0, 0.1) is 5.92 Å². The lowest BCUT2D eigenvalue weighted by Gasteiger charge is -2.34. The largest absolute Gasteiger partial charge is 0.493 e. The van der Waals surface area contributed by atoms with Gasteiger partial charge in [-0.2, -0.15) is 5.10 Å². The monoisotopic (exact) mass is 385 g/mol. The third kappa shape index (κ3) is 5.25. The van der Waals surface area contributed by atoms with Crippen LogP contribution in [-0.4, -0.2) is 54.0 Å². The number of rotatable bonds is 6. The van der Waals surface area contributed by atoms with Gasteiger partial charge in [-0.05, 0) is 12.0 Å². The summed E-state index contributed by atoms with van der Waals surface area (Å²) in [7, 11) is 3.74. The van der Waals surface area contributed by atoms with Crippen molar-refractivity contribution in [2.75, 3.05) is 33.4 Å². The van der Waals surface area contributed by atoms with E-state index in [-0.39, 0.29) is 6.10 Å². The third-order valence-electron chi connectivity index (χ3n) is 4.66. The number of para-hydroxylation sites is 1. The maximum Gasteiger partial charge on any atom is 0.194 e. The van der Waals surface area contributed by atoms with Crippen LogP contribution in [0.5, 0.6) is 5.75 Å². The Morgan fingerprint density at radius 2 is 2.21 bits per heavy atom. The molecule has 0 bridgehead atoms. The lowest BCUT2D eigenvalue weighted by molar-refractivity contribution is -0.00805. The standard InChI is InChI=1S/C21H31N5O2/c1-16(2)15-28-19-8-6-5-7-17(19)11-23-21(22-3)26-9-10-27-20(14-26)18-12-24-25(4)13-18/h5-8,12-13,16,20H,9-11,14-15H2,1-4H3,(H,22,23). The summed E-state index contributed by atoms with van der Waals surface area (Å²) in [5.74, 6) is 2.29. The zero-order chi connectivity index (χ0) is 19.9. The molecule has 2 aromatic rings. The molecule has 0 radical (unpaired) electrons. The normalized spacial score (nSPS) is 17.8.